The van der Waals surface area contributed by atoms with Gasteiger partial charge in [-0.2, -0.15) is 0 Å². The van der Waals surface area contributed by atoms with E-state index in [9.17, 15) is 19.8 Å². The van der Waals surface area contributed by atoms with Crippen LogP contribution in [0, 0.1) is 0 Å². The van der Waals surface area contributed by atoms with Crippen LogP contribution in [0.15, 0.2) is 85.1 Å². The number of esters is 1. The molecule has 0 aromatic heterocycles. The van der Waals surface area contributed by atoms with Crippen LogP contribution in [0.2, 0.25) is 0 Å². The molecule has 1 amide bonds. The van der Waals surface area contributed by atoms with E-state index in [4.69, 9.17) is 4.74 Å². The molecule has 3 atom stereocenters. The molecule has 0 heterocycles. The van der Waals surface area contributed by atoms with E-state index in [-0.39, 0.29) is 24.9 Å². The van der Waals surface area contributed by atoms with Gasteiger partial charge in [-0.3, -0.25) is 9.59 Å². The molecule has 0 aromatic carbocycles. The van der Waals surface area contributed by atoms with E-state index in [1.54, 1.807) is 6.08 Å². The molecule has 6 heteroatoms. The highest BCUT2D eigenvalue weighted by molar-refractivity contribution is 5.78. The number of amides is 1. The highest BCUT2D eigenvalue weighted by Crippen LogP contribution is 2.15. The number of nitrogens with one attached hydrogen (secondary N) is 1. The number of rotatable bonds is 42. The van der Waals surface area contributed by atoms with Crippen molar-refractivity contribution in [3.8, 4) is 0 Å². The summed E-state index contributed by atoms with van der Waals surface area (Å²) in [7, 11) is 0. The van der Waals surface area contributed by atoms with E-state index in [0.29, 0.717) is 19.3 Å². The van der Waals surface area contributed by atoms with Crippen LogP contribution in [0.4, 0.5) is 0 Å². The average Bonchev–Trinajstić information content (AvgIpc) is 3.23. The summed E-state index contributed by atoms with van der Waals surface area (Å²) in [5.74, 6) is -0.656. The minimum atomic E-state index is -0.824. The van der Waals surface area contributed by atoms with Crippen molar-refractivity contribution in [1.82, 2.24) is 5.32 Å². The quantitative estimate of drug-likeness (QED) is 0.0324. The SMILES string of the molecule is CC/C=C\C/C=C\C/C=C\C/C=C\C/C=C\C/C=C\C(CC(=O)NC(CO)C(O)CCCCCCCCCCCC)OC(=O)CCCCC/C=C\CCCCCCCC. The van der Waals surface area contributed by atoms with Crippen LogP contribution < -0.4 is 5.32 Å². The molecule has 0 spiro atoms. The molecule has 0 bridgehead atoms. The summed E-state index contributed by atoms with van der Waals surface area (Å²) in [6.45, 7) is 6.29. The second-order valence-electron chi connectivity index (χ2n) is 16.1. The Kier molecular flexibility index (Phi) is 43.8. The molecule has 0 aromatic rings. The van der Waals surface area contributed by atoms with E-state index < -0.39 is 18.2 Å². The minimum Gasteiger partial charge on any atom is -0.458 e. The predicted molar refractivity (Wildman–Crippen MR) is 254 cm³/mol. The average molecular weight is 822 g/mol. The number of hydrogen-bond donors (Lipinski definition) is 3. The zero-order chi connectivity index (χ0) is 43.1. The van der Waals surface area contributed by atoms with Crippen LogP contribution in [0.25, 0.3) is 0 Å². The predicted octanol–water partition coefficient (Wildman–Crippen LogP) is 14.4. The van der Waals surface area contributed by atoms with Crippen LogP contribution in [-0.2, 0) is 14.3 Å². The molecule has 0 rings (SSSR count). The first kappa shape index (κ1) is 56.0. The number of allylic oxidation sites excluding steroid dienone is 13. The van der Waals surface area contributed by atoms with Crippen molar-refractivity contribution in [3.63, 3.8) is 0 Å². The first-order valence-electron chi connectivity index (χ1n) is 24.3. The number of unbranched alkanes of at least 4 members (excludes halogenated alkanes) is 18. The summed E-state index contributed by atoms with van der Waals surface area (Å²) in [5, 5.41) is 23.6. The molecule has 6 nitrogen and oxygen atoms in total. The Balaban J connectivity index is 4.84. The number of ether oxygens (including phenoxy) is 1. The molecule has 0 aliphatic carbocycles. The lowest BCUT2D eigenvalue weighted by Gasteiger charge is -2.23. The molecular weight excluding hydrogens is 731 g/mol. The van der Waals surface area contributed by atoms with Crippen LogP contribution in [-0.4, -0.2) is 46.9 Å². The molecule has 0 fully saturated rings. The fourth-order valence-electron chi connectivity index (χ4n) is 6.77. The Morgan fingerprint density at radius 3 is 1.42 bits per heavy atom. The van der Waals surface area contributed by atoms with Gasteiger partial charge in [0.2, 0.25) is 5.91 Å². The highest BCUT2D eigenvalue weighted by Gasteiger charge is 2.23. The van der Waals surface area contributed by atoms with Crippen molar-refractivity contribution in [2.45, 2.75) is 232 Å². The number of carbonyl (C=O) groups is 2. The summed E-state index contributed by atoms with van der Waals surface area (Å²) in [6.07, 6.45) is 59.6. The maximum atomic E-state index is 13.1. The van der Waals surface area contributed by atoms with Gasteiger partial charge in [0.15, 0.2) is 0 Å². The Morgan fingerprint density at radius 1 is 0.525 bits per heavy atom. The van der Waals surface area contributed by atoms with Gasteiger partial charge in [0.1, 0.15) is 6.10 Å². The zero-order valence-electron chi connectivity index (χ0n) is 38.4. The van der Waals surface area contributed by atoms with Crippen molar-refractivity contribution >= 4 is 11.9 Å². The smallest absolute Gasteiger partial charge is 0.306 e. The van der Waals surface area contributed by atoms with E-state index in [2.05, 4.69) is 99.0 Å². The number of carbonyl (C=O) groups excluding carboxylic acids is 2. The first-order valence-corrected chi connectivity index (χ1v) is 24.3. The third-order valence-electron chi connectivity index (χ3n) is 10.5. The maximum Gasteiger partial charge on any atom is 0.306 e. The van der Waals surface area contributed by atoms with Gasteiger partial charge >= 0.3 is 5.97 Å². The van der Waals surface area contributed by atoms with Gasteiger partial charge in [0.25, 0.3) is 0 Å². The van der Waals surface area contributed by atoms with E-state index >= 15 is 0 Å². The largest absolute Gasteiger partial charge is 0.458 e. The van der Waals surface area contributed by atoms with Gasteiger partial charge < -0.3 is 20.3 Å². The minimum absolute atomic E-state index is 0.0568. The van der Waals surface area contributed by atoms with E-state index in [1.165, 1.54) is 83.5 Å². The fourth-order valence-corrected chi connectivity index (χ4v) is 6.77. The normalized spacial score (nSPS) is 14.1. The third-order valence-corrected chi connectivity index (χ3v) is 10.5. The highest BCUT2D eigenvalue weighted by atomic mass is 16.5. The topological polar surface area (TPSA) is 95.9 Å². The van der Waals surface area contributed by atoms with Crippen molar-refractivity contribution in [1.29, 1.82) is 0 Å². The molecule has 0 aliphatic heterocycles. The Bertz CT molecular complexity index is 1150. The molecule has 3 unspecified atom stereocenters. The third kappa shape index (κ3) is 41.6. The van der Waals surface area contributed by atoms with Crippen molar-refractivity contribution in [2.24, 2.45) is 0 Å². The van der Waals surface area contributed by atoms with Gasteiger partial charge in [-0.25, -0.2) is 0 Å². The lowest BCUT2D eigenvalue weighted by Crippen LogP contribution is -2.46. The molecule has 0 radical (unpaired) electrons. The second-order valence-corrected chi connectivity index (χ2v) is 16.1. The lowest BCUT2D eigenvalue weighted by molar-refractivity contribution is -0.148. The Labute approximate surface area is 363 Å². The second kappa shape index (κ2) is 46.1. The number of aliphatic hydroxyl groups is 2. The summed E-state index contributed by atoms with van der Waals surface area (Å²) in [5.41, 5.74) is 0. The van der Waals surface area contributed by atoms with Crippen molar-refractivity contribution < 1.29 is 24.5 Å². The zero-order valence-corrected chi connectivity index (χ0v) is 38.4. The van der Waals surface area contributed by atoms with Crippen molar-refractivity contribution in [3.05, 3.63) is 85.1 Å². The van der Waals surface area contributed by atoms with Crippen LogP contribution in [0.5, 0.6) is 0 Å². The summed E-state index contributed by atoms with van der Waals surface area (Å²) < 4.78 is 5.80. The molecule has 338 valence electrons. The molecule has 59 heavy (non-hydrogen) atoms. The standard InChI is InChI=1S/C53H91NO5/c1-4-7-10-13-16-19-22-24-25-26-27-29-30-32-35-38-41-44-49(59-53(58)46-43-40-37-34-31-28-23-20-17-14-11-8-5-2)47-52(57)54-50(48-55)51(56)45-42-39-36-33-21-18-15-12-9-6-3/h7,10,16,19,24-25,27-29,31-32,35,41,44,49-51,55-56H,4-6,8-9,11-15,17-18,20-23,26,30,33-34,36-40,42-43,45-48H2,1-3H3,(H,54,57)/b10-7-,19-16-,25-24-,29-27-,31-28-,35-32-,44-41-. The van der Waals surface area contributed by atoms with E-state index in [1.807, 2.05) is 6.08 Å². The van der Waals surface area contributed by atoms with Gasteiger partial charge in [0, 0.05) is 6.42 Å². The molecular formula is C53H91NO5. The summed E-state index contributed by atoms with van der Waals surface area (Å²) in [6, 6.07) is -0.748. The molecule has 0 saturated carbocycles. The van der Waals surface area contributed by atoms with Gasteiger partial charge in [-0.05, 0) is 83.1 Å². The van der Waals surface area contributed by atoms with Crippen LogP contribution in [0.1, 0.15) is 213 Å². The van der Waals surface area contributed by atoms with Gasteiger partial charge in [-0.15, -0.1) is 0 Å². The molecule has 0 aliphatic rings. The maximum absolute atomic E-state index is 13.1. The van der Waals surface area contributed by atoms with E-state index in [0.717, 1.165) is 83.5 Å². The summed E-state index contributed by atoms with van der Waals surface area (Å²) >= 11 is 0. The number of hydrogen-bond acceptors (Lipinski definition) is 5. The fraction of sp³-hybridized carbons (Fsp3) is 0.698. The monoisotopic (exact) mass is 822 g/mol. The lowest BCUT2D eigenvalue weighted by atomic mass is 10.0. The van der Waals surface area contributed by atoms with Crippen molar-refractivity contribution in [2.75, 3.05) is 6.61 Å². The molecule has 3 N–H and O–H groups in total. The summed E-state index contributed by atoms with van der Waals surface area (Å²) in [4.78, 5) is 26.0. The van der Waals surface area contributed by atoms with Gasteiger partial charge in [-0.1, -0.05) is 202 Å². The first-order chi connectivity index (χ1) is 29.0. The Hall–Kier alpha value is -2.96. The van der Waals surface area contributed by atoms with Crippen LogP contribution >= 0.6 is 0 Å². The Morgan fingerprint density at radius 2 is 0.949 bits per heavy atom. The molecule has 0 saturated heterocycles. The van der Waals surface area contributed by atoms with Gasteiger partial charge in [0.05, 0.1) is 25.2 Å². The number of aliphatic hydroxyl groups excluding tert-OH is 2. The van der Waals surface area contributed by atoms with Crippen LogP contribution in [0.3, 0.4) is 0 Å².